The molecule has 0 bridgehead atoms. The Labute approximate surface area is 264 Å². The molecule has 1 radical (unpaired) electrons. The molecule has 0 aliphatic heterocycles. The van der Waals surface area contributed by atoms with E-state index >= 15 is 0 Å². The van der Waals surface area contributed by atoms with E-state index in [-0.39, 0.29) is 43.5 Å². The van der Waals surface area contributed by atoms with Crippen LogP contribution in [0.3, 0.4) is 0 Å². The zero-order valence-electron chi connectivity index (χ0n) is 27.1. The Morgan fingerprint density at radius 2 is 1.46 bits per heavy atom. The van der Waals surface area contributed by atoms with Crippen LogP contribution in [0, 0.1) is 24.8 Å². The first kappa shape index (κ1) is 37.1. The van der Waals surface area contributed by atoms with Gasteiger partial charge in [-0.2, -0.15) is 0 Å². The van der Waals surface area contributed by atoms with Crippen molar-refractivity contribution in [3.63, 3.8) is 0 Å². The number of nitrogens with zero attached hydrogens (tertiary/aromatic N) is 2. The van der Waals surface area contributed by atoms with Crippen molar-refractivity contribution >= 4 is 43.2 Å². The Kier molecular flexibility index (Phi) is 14.5. The fourth-order valence-corrected chi connectivity index (χ4v) is 7.47. The smallest absolute Gasteiger partial charge is 0.162 e. The number of aryl methyl sites for hydroxylation is 1. The number of allylic oxidation sites excluding steroid dienone is 2. The molecule has 7 heteroatoms. The van der Waals surface area contributed by atoms with Gasteiger partial charge in [0.2, 0.25) is 0 Å². The molecule has 0 unspecified atom stereocenters. The maximum atomic E-state index is 11.7. The summed E-state index contributed by atoms with van der Waals surface area (Å²) < 4.78 is 0. The van der Waals surface area contributed by atoms with Crippen LogP contribution in [0.1, 0.15) is 58.9 Å². The van der Waals surface area contributed by atoms with Crippen molar-refractivity contribution in [2.24, 2.45) is 11.8 Å². The third kappa shape index (κ3) is 10.4. The summed E-state index contributed by atoms with van der Waals surface area (Å²) in [6.07, 6.45) is 6.62. The first-order valence-corrected chi connectivity index (χ1v) is 21.9. The number of aliphatic hydroxyl groups excluding tert-OH is 1. The average molecular weight is 768 g/mol. The van der Waals surface area contributed by atoms with Gasteiger partial charge in [0.05, 0.1) is 13.8 Å². The molecule has 3 rings (SSSR count). The van der Waals surface area contributed by atoms with Gasteiger partial charge in [-0.25, -0.2) is 4.98 Å². The summed E-state index contributed by atoms with van der Waals surface area (Å²) in [5.41, 5.74) is 3.36. The van der Waals surface area contributed by atoms with Crippen LogP contribution in [0.5, 0.6) is 0 Å². The molecule has 4 nitrogen and oxygen atoms in total. The van der Waals surface area contributed by atoms with Crippen molar-refractivity contribution in [2.45, 2.75) is 99.6 Å². The summed E-state index contributed by atoms with van der Waals surface area (Å²) in [6.45, 7) is 24.4. The van der Waals surface area contributed by atoms with Gasteiger partial charge in [0.25, 0.3) is 0 Å². The number of carbonyl (C=O) groups is 1. The Balaban J connectivity index is 0.000000456. The van der Waals surface area contributed by atoms with Gasteiger partial charge in [-0.3, -0.25) is 9.78 Å². The number of aliphatic hydroxyl groups is 1. The van der Waals surface area contributed by atoms with E-state index < -0.39 is 16.1 Å². The maximum absolute atomic E-state index is 11.7. The quantitative estimate of drug-likeness (QED) is 0.0976. The van der Waals surface area contributed by atoms with Crippen molar-refractivity contribution in [3.05, 3.63) is 60.1 Å². The molecule has 0 atom stereocenters. The molecule has 0 saturated carbocycles. The van der Waals surface area contributed by atoms with Crippen molar-refractivity contribution in [1.82, 2.24) is 9.97 Å². The largest absolute Gasteiger partial charge is 0.512 e. The molecule has 1 aromatic heterocycles. The van der Waals surface area contributed by atoms with Gasteiger partial charge in [0, 0.05) is 49.0 Å². The predicted octanol–water partition coefficient (Wildman–Crippen LogP) is 8.36. The summed E-state index contributed by atoms with van der Waals surface area (Å²) in [7, 11) is -2.95. The molecule has 227 valence electrons. The predicted molar refractivity (Wildman–Crippen MR) is 178 cm³/mol. The SMILES string of the molecule is CCC(CC)C(=O)/C=C(\O)C(CC)CC.Cc1ccc2c([Si](C)(C)C)cc(-c3cc([Si](C)(C)C)ncn3)[c-]c2c1.[Ir]. The molecule has 41 heavy (non-hydrogen) atoms. The maximum Gasteiger partial charge on any atom is 0.162 e. The van der Waals surface area contributed by atoms with Crippen LogP contribution in [0.2, 0.25) is 39.3 Å². The standard InChI is InChI=1S/C21H27N2Si2.C13H24O2.Ir/c1-15-8-9-18-16(10-15)11-17(12-20(18)24(2,3)4)19-13-21(23-14-22-19)25(5,6)7;1-5-10(6-2)12(14)9-13(15)11(7-3)8-4;/h8-10,12-14H,1-7H3;9-11,14H,5-8H2,1-4H3;/q-1;;/b;12-9-;. The van der Waals surface area contributed by atoms with Crippen LogP contribution in [0.25, 0.3) is 22.0 Å². The van der Waals surface area contributed by atoms with Crippen LogP contribution in [0.15, 0.2) is 48.5 Å². The van der Waals surface area contributed by atoms with E-state index in [0.717, 1.165) is 36.9 Å². The number of aromatic nitrogens is 2. The van der Waals surface area contributed by atoms with Gasteiger partial charge in [0.1, 0.15) is 14.4 Å². The van der Waals surface area contributed by atoms with E-state index in [1.807, 2.05) is 27.7 Å². The second-order valence-corrected chi connectivity index (χ2v) is 23.0. The Hall–Kier alpha value is -1.93. The van der Waals surface area contributed by atoms with Crippen molar-refractivity contribution in [2.75, 3.05) is 0 Å². The third-order valence-electron chi connectivity index (χ3n) is 7.62. The minimum absolute atomic E-state index is 0. The van der Waals surface area contributed by atoms with E-state index in [2.05, 4.69) is 92.6 Å². The molecule has 1 N–H and O–H groups in total. The topological polar surface area (TPSA) is 63.1 Å². The van der Waals surface area contributed by atoms with E-state index in [4.69, 9.17) is 0 Å². The van der Waals surface area contributed by atoms with Crippen LogP contribution in [-0.2, 0) is 24.9 Å². The number of ketones is 1. The molecule has 0 aliphatic carbocycles. The van der Waals surface area contributed by atoms with Gasteiger partial charge in [-0.05, 0) is 32.6 Å². The number of rotatable bonds is 10. The molecule has 0 amide bonds. The van der Waals surface area contributed by atoms with Gasteiger partial charge in [-0.15, -0.1) is 28.8 Å². The van der Waals surface area contributed by atoms with Gasteiger partial charge in [-0.1, -0.05) is 102 Å². The van der Waals surface area contributed by atoms with Gasteiger partial charge >= 0.3 is 0 Å². The van der Waals surface area contributed by atoms with Crippen LogP contribution < -0.4 is 10.5 Å². The summed E-state index contributed by atoms with van der Waals surface area (Å²) in [5.74, 6) is 0.547. The number of fused-ring (bicyclic) bond motifs is 1. The van der Waals surface area contributed by atoms with Gasteiger partial charge in [0.15, 0.2) is 5.78 Å². The third-order valence-corrected chi connectivity index (χ3v) is 11.5. The minimum atomic E-state index is -1.48. The van der Waals surface area contributed by atoms with Crippen LogP contribution in [-0.4, -0.2) is 37.0 Å². The first-order chi connectivity index (χ1) is 18.7. The number of benzene rings is 2. The molecular formula is C34H51IrN2O2Si2-. The van der Waals surface area contributed by atoms with E-state index in [0.29, 0.717) is 0 Å². The molecule has 0 fully saturated rings. The second kappa shape index (κ2) is 16.1. The molecule has 2 aromatic carbocycles. The fourth-order valence-electron chi connectivity index (χ4n) is 4.85. The molecule has 0 spiro atoms. The molecule has 0 aliphatic rings. The average Bonchev–Trinajstić information content (AvgIpc) is 2.88. The number of carbonyl (C=O) groups excluding carboxylic acids is 1. The summed E-state index contributed by atoms with van der Waals surface area (Å²) in [5, 5.41) is 15.0. The summed E-state index contributed by atoms with van der Waals surface area (Å²) in [4.78, 5) is 20.8. The zero-order chi connectivity index (χ0) is 30.3. The number of hydrogen-bond donors (Lipinski definition) is 1. The Bertz CT molecular complexity index is 1320. The van der Waals surface area contributed by atoms with Gasteiger partial charge < -0.3 is 5.11 Å². The first-order valence-electron chi connectivity index (χ1n) is 14.9. The van der Waals surface area contributed by atoms with E-state index in [9.17, 15) is 9.90 Å². The Morgan fingerprint density at radius 3 is 1.98 bits per heavy atom. The van der Waals surface area contributed by atoms with E-state index in [1.54, 1.807) is 6.33 Å². The normalized spacial score (nSPS) is 12.3. The van der Waals surface area contributed by atoms with Crippen LogP contribution in [0.4, 0.5) is 0 Å². The minimum Gasteiger partial charge on any atom is -0.512 e. The Morgan fingerprint density at radius 1 is 0.878 bits per heavy atom. The summed E-state index contributed by atoms with van der Waals surface area (Å²) in [6, 6.07) is 14.8. The molecule has 0 saturated heterocycles. The van der Waals surface area contributed by atoms with Crippen molar-refractivity contribution < 1.29 is 30.0 Å². The summed E-state index contributed by atoms with van der Waals surface area (Å²) >= 11 is 0. The van der Waals surface area contributed by atoms with Crippen molar-refractivity contribution in [1.29, 1.82) is 0 Å². The number of hydrogen-bond acceptors (Lipinski definition) is 4. The van der Waals surface area contributed by atoms with Crippen molar-refractivity contribution in [3.8, 4) is 11.3 Å². The van der Waals surface area contributed by atoms with E-state index in [1.165, 1.54) is 32.9 Å². The molecule has 1 heterocycles. The monoisotopic (exact) mass is 768 g/mol. The zero-order valence-corrected chi connectivity index (χ0v) is 31.5. The molecule has 3 aromatic rings. The fraction of sp³-hybridized carbons (Fsp3) is 0.500. The van der Waals surface area contributed by atoms with Crippen LogP contribution >= 0.6 is 0 Å². The second-order valence-electron chi connectivity index (χ2n) is 12.9. The molecular weight excluding hydrogens is 717 g/mol.